The lowest BCUT2D eigenvalue weighted by atomic mass is 9.73. The maximum Gasteiger partial charge on any atom is 0.170 e. The van der Waals surface area contributed by atoms with E-state index in [1.54, 1.807) is 7.11 Å². The molecule has 0 aromatic heterocycles. The van der Waals surface area contributed by atoms with Gasteiger partial charge in [0.25, 0.3) is 0 Å². The summed E-state index contributed by atoms with van der Waals surface area (Å²) in [7, 11) is 1.77. The van der Waals surface area contributed by atoms with E-state index in [1.807, 2.05) is 6.92 Å². The molecule has 3 atom stereocenters. The Hall–Kier alpha value is -0.160. The first-order chi connectivity index (χ1) is 12.0. The van der Waals surface area contributed by atoms with Crippen molar-refractivity contribution < 1.29 is 18.9 Å². The minimum Gasteiger partial charge on any atom is -0.379 e. The normalized spacial score (nSPS) is 21.7. The summed E-state index contributed by atoms with van der Waals surface area (Å²) in [6.07, 6.45) is 11.5. The number of epoxide rings is 1. The lowest BCUT2D eigenvalue weighted by Crippen LogP contribution is -2.48. The van der Waals surface area contributed by atoms with Crippen molar-refractivity contribution in [2.75, 3.05) is 33.5 Å². The Morgan fingerprint density at radius 3 is 2.20 bits per heavy atom. The van der Waals surface area contributed by atoms with E-state index >= 15 is 0 Å². The van der Waals surface area contributed by atoms with Gasteiger partial charge in [-0.2, -0.15) is 0 Å². The summed E-state index contributed by atoms with van der Waals surface area (Å²) in [6.45, 7) is 11.8. The van der Waals surface area contributed by atoms with Crippen LogP contribution in [0, 0.1) is 5.41 Å². The summed E-state index contributed by atoms with van der Waals surface area (Å²) in [5.74, 6) is -0.537. The summed E-state index contributed by atoms with van der Waals surface area (Å²) in [5.41, 5.74) is 0.00194. The summed E-state index contributed by atoms with van der Waals surface area (Å²) >= 11 is 0. The standard InChI is InChI=1S/C21H42O4/c1-6-8-9-10-11-12-14-20(3,21(4,22-5)25-7-2)15-13-16-23-17-19-18-24-19/h19H,6-18H2,1-5H3. The first-order valence-corrected chi connectivity index (χ1v) is 10.4. The van der Waals surface area contributed by atoms with E-state index in [2.05, 4.69) is 20.8 Å². The minimum absolute atomic E-state index is 0.00194. The number of hydrogen-bond acceptors (Lipinski definition) is 4. The van der Waals surface area contributed by atoms with Crippen molar-refractivity contribution in [1.29, 1.82) is 0 Å². The largest absolute Gasteiger partial charge is 0.379 e. The fraction of sp³-hybridized carbons (Fsp3) is 1.00. The van der Waals surface area contributed by atoms with Crippen LogP contribution in [-0.2, 0) is 18.9 Å². The van der Waals surface area contributed by atoms with Gasteiger partial charge in [-0.05, 0) is 33.1 Å². The Morgan fingerprint density at radius 2 is 1.60 bits per heavy atom. The third-order valence-corrected chi connectivity index (χ3v) is 5.71. The zero-order chi connectivity index (χ0) is 18.6. The van der Waals surface area contributed by atoms with Crippen LogP contribution in [0.4, 0.5) is 0 Å². The zero-order valence-corrected chi connectivity index (χ0v) is 17.4. The van der Waals surface area contributed by atoms with Crippen LogP contribution < -0.4 is 0 Å². The molecule has 0 amide bonds. The van der Waals surface area contributed by atoms with Crippen molar-refractivity contribution in [3.05, 3.63) is 0 Å². The molecule has 4 heteroatoms. The van der Waals surface area contributed by atoms with E-state index in [0.29, 0.717) is 12.7 Å². The molecule has 1 fully saturated rings. The summed E-state index contributed by atoms with van der Waals surface area (Å²) in [6, 6.07) is 0. The van der Waals surface area contributed by atoms with E-state index in [0.717, 1.165) is 39.1 Å². The van der Waals surface area contributed by atoms with Crippen molar-refractivity contribution >= 4 is 0 Å². The second-order valence-electron chi connectivity index (χ2n) is 7.80. The van der Waals surface area contributed by atoms with Gasteiger partial charge in [-0.3, -0.25) is 0 Å². The van der Waals surface area contributed by atoms with Crippen LogP contribution in [0.15, 0.2) is 0 Å². The highest BCUT2D eigenvalue weighted by Gasteiger charge is 2.45. The molecule has 1 rings (SSSR count). The molecule has 150 valence electrons. The molecule has 4 nitrogen and oxygen atoms in total. The maximum atomic E-state index is 6.06. The van der Waals surface area contributed by atoms with Crippen molar-refractivity contribution in [2.24, 2.45) is 5.41 Å². The molecule has 0 N–H and O–H groups in total. The van der Waals surface area contributed by atoms with E-state index in [9.17, 15) is 0 Å². The van der Waals surface area contributed by atoms with Gasteiger partial charge in [-0.25, -0.2) is 0 Å². The number of rotatable bonds is 17. The van der Waals surface area contributed by atoms with Crippen LogP contribution in [-0.4, -0.2) is 45.4 Å². The molecule has 0 bridgehead atoms. The van der Waals surface area contributed by atoms with Gasteiger partial charge in [0, 0.05) is 25.7 Å². The molecule has 0 radical (unpaired) electrons. The third-order valence-electron chi connectivity index (χ3n) is 5.71. The average molecular weight is 359 g/mol. The number of unbranched alkanes of at least 4 members (excludes halogenated alkanes) is 5. The first-order valence-electron chi connectivity index (χ1n) is 10.4. The Labute approximate surface area is 155 Å². The molecule has 0 aromatic carbocycles. The molecule has 0 spiro atoms. The highest BCUT2D eigenvalue weighted by molar-refractivity contribution is 4.88. The molecule has 0 saturated carbocycles. The number of hydrogen-bond donors (Lipinski definition) is 0. The van der Waals surface area contributed by atoms with Crippen LogP contribution in [0.5, 0.6) is 0 Å². The number of methoxy groups -OCH3 is 1. The van der Waals surface area contributed by atoms with E-state index in [4.69, 9.17) is 18.9 Å². The van der Waals surface area contributed by atoms with Crippen LogP contribution >= 0.6 is 0 Å². The van der Waals surface area contributed by atoms with Crippen molar-refractivity contribution in [2.45, 2.75) is 97.4 Å². The fourth-order valence-corrected chi connectivity index (χ4v) is 3.57. The molecule has 1 aliphatic heterocycles. The molecular weight excluding hydrogens is 316 g/mol. The smallest absolute Gasteiger partial charge is 0.170 e. The van der Waals surface area contributed by atoms with Crippen molar-refractivity contribution in [3.8, 4) is 0 Å². The van der Waals surface area contributed by atoms with Gasteiger partial charge in [0.1, 0.15) is 6.10 Å². The molecular formula is C21H42O4. The van der Waals surface area contributed by atoms with Gasteiger partial charge in [-0.1, -0.05) is 52.4 Å². The van der Waals surface area contributed by atoms with Gasteiger partial charge in [-0.15, -0.1) is 0 Å². The van der Waals surface area contributed by atoms with E-state index < -0.39 is 5.79 Å². The van der Waals surface area contributed by atoms with Crippen LogP contribution in [0.3, 0.4) is 0 Å². The van der Waals surface area contributed by atoms with Gasteiger partial charge in [0.15, 0.2) is 5.79 Å². The van der Waals surface area contributed by atoms with E-state index in [-0.39, 0.29) is 5.41 Å². The first kappa shape index (κ1) is 22.9. The second kappa shape index (κ2) is 12.3. The minimum atomic E-state index is -0.537. The second-order valence-corrected chi connectivity index (χ2v) is 7.80. The summed E-state index contributed by atoms with van der Waals surface area (Å²) in [4.78, 5) is 0. The van der Waals surface area contributed by atoms with Crippen LogP contribution in [0.1, 0.15) is 85.5 Å². The number of ether oxygens (including phenoxy) is 4. The molecule has 0 aromatic rings. The Balaban J connectivity index is 2.45. The van der Waals surface area contributed by atoms with Crippen molar-refractivity contribution in [3.63, 3.8) is 0 Å². The summed E-state index contributed by atoms with van der Waals surface area (Å²) in [5, 5.41) is 0. The fourth-order valence-electron chi connectivity index (χ4n) is 3.57. The van der Waals surface area contributed by atoms with Crippen molar-refractivity contribution in [1.82, 2.24) is 0 Å². The van der Waals surface area contributed by atoms with Crippen LogP contribution in [0.2, 0.25) is 0 Å². The molecule has 3 unspecified atom stereocenters. The van der Waals surface area contributed by atoms with Gasteiger partial charge < -0.3 is 18.9 Å². The Bertz CT molecular complexity index is 332. The predicted molar refractivity (Wildman–Crippen MR) is 103 cm³/mol. The molecule has 1 aliphatic rings. The Kier molecular flexibility index (Phi) is 11.2. The monoisotopic (exact) mass is 358 g/mol. The molecule has 1 heterocycles. The molecule has 0 aliphatic carbocycles. The average Bonchev–Trinajstić information content (AvgIpc) is 3.42. The van der Waals surface area contributed by atoms with Crippen LogP contribution in [0.25, 0.3) is 0 Å². The topological polar surface area (TPSA) is 40.2 Å². The van der Waals surface area contributed by atoms with E-state index in [1.165, 1.54) is 38.5 Å². The molecule has 25 heavy (non-hydrogen) atoms. The highest BCUT2D eigenvalue weighted by Crippen LogP contribution is 2.43. The lowest BCUT2D eigenvalue weighted by molar-refractivity contribution is -0.276. The summed E-state index contributed by atoms with van der Waals surface area (Å²) < 4.78 is 22.8. The maximum absolute atomic E-state index is 6.06. The SMILES string of the molecule is CCCCCCCCC(C)(CCCOCC1CO1)C(C)(OC)OCC. The van der Waals surface area contributed by atoms with Gasteiger partial charge in [0.05, 0.1) is 13.2 Å². The molecule has 1 saturated heterocycles. The van der Waals surface area contributed by atoms with Gasteiger partial charge in [0.2, 0.25) is 0 Å². The highest BCUT2D eigenvalue weighted by atomic mass is 16.7. The third kappa shape index (κ3) is 8.38. The lowest BCUT2D eigenvalue weighted by Gasteiger charge is -2.45. The quantitative estimate of drug-likeness (QED) is 0.200. The Morgan fingerprint density at radius 1 is 0.960 bits per heavy atom. The van der Waals surface area contributed by atoms with Gasteiger partial charge >= 0.3 is 0 Å². The zero-order valence-electron chi connectivity index (χ0n) is 17.4. The predicted octanol–water partition coefficient (Wildman–Crippen LogP) is 5.34.